The first kappa shape index (κ1) is 13.9. The second kappa shape index (κ2) is 7.79. The normalized spacial score (nSPS) is 10.4. The molecule has 2 aromatic carbocycles. The van der Waals surface area contributed by atoms with Crippen LogP contribution in [0.15, 0.2) is 66.7 Å². The molecule has 20 heavy (non-hydrogen) atoms. The summed E-state index contributed by atoms with van der Waals surface area (Å²) in [6, 6.07) is 19.0. The van der Waals surface area contributed by atoms with Crippen molar-refractivity contribution >= 4 is 12.0 Å². The van der Waals surface area contributed by atoms with Gasteiger partial charge in [0.15, 0.2) is 0 Å². The average molecular weight is 268 g/mol. The molecule has 2 rings (SSSR count). The van der Waals surface area contributed by atoms with Crippen LogP contribution < -0.4 is 4.74 Å². The average Bonchev–Trinajstić information content (AvgIpc) is 2.52. The van der Waals surface area contributed by atoms with E-state index in [2.05, 4.69) is 0 Å². The van der Waals surface area contributed by atoms with E-state index in [9.17, 15) is 4.79 Å². The van der Waals surface area contributed by atoms with Crippen molar-refractivity contribution in [2.45, 2.75) is 0 Å². The van der Waals surface area contributed by atoms with E-state index < -0.39 is 0 Å². The van der Waals surface area contributed by atoms with E-state index in [4.69, 9.17) is 9.47 Å². The van der Waals surface area contributed by atoms with Crippen molar-refractivity contribution in [3.8, 4) is 5.75 Å². The van der Waals surface area contributed by atoms with E-state index in [1.165, 1.54) is 6.08 Å². The predicted octanol–water partition coefficient (Wildman–Crippen LogP) is 3.32. The molecule has 0 atom stereocenters. The zero-order chi connectivity index (χ0) is 14.0. The highest BCUT2D eigenvalue weighted by molar-refractivity contribution is 5.86. The summed E-state index contributed by atoms with van der Waals surface area (Å²) in [5.41, 5.74) is 0.963. The summed E-state index contributed by atoms with van der Waals surface area (Å²) in [5.74, 6) is 0.397. The van der Waals surface area contributed by atoms with Crippen molar-refractivity contribution in [3.05, 3.63) is 72.3 Å². The molecule has 0 amide bonds. The van der Waals surface area contributed by atoms with Crippen LogP contribution >= 0.6 is 0 Å². The Bertz CT molecular complexity index is 547. The Morgan fingerprint density at radius 2 is 1.55 bits per heavy atom. The number of benzene rings is 2. The van der Waals surface area contributed by atoms with Gasteiger partial charge in [-0.2, -0.15) is 0 Å². The molecular formula is C17H16O3. The first-order valence-corrected chi connectivity index (χ1v) is 6.42. The maximum atomic E-state index is 11.5. The summed E-state index contributed by atoms with van der Waals surface area (Å²) in [5, 5.41) is 0. The van der Waals surface area contributed by atoms with Gasteiger partial charge in [-0.15, -0.1) is 0 Å². The van der Waals surface area contributed by atoms with Crippen LogP contribution in [0.2, 0.25) is 0 Å². The molecule has 0 spiro atoms. The Hall–Kier alpha value is -2.55. The van der Waals surface area contributed by atoms with E-state index in [-0.39, 0.29) is 12.6 Å². The third-order valence-electron chi connectivity index (χ3n) is 2.55. The van der Waals surface area contributed by atoms with E-state index in [0.29, 0.717) is 6.61 Å². The smallest absolute Gasteiger partial charge is 0.330 e. The molecule has 102 valence electrons. The first-order chi connectivity index (χ1) is 9.84. The molecule has 0 aliphatic carbocycles. The van der Waals surface area contributed by atoms with Crippen molar-refractivity contribution in [3.63, 3.8) is 0 Å². The quantitative estimate of drug-likeness (QED) is 0.458. The molecule has 2 aromatic rings. The minimum atomic E-state index is -0.370. The fourth-order valence-electron chi connectivity index (χ4n) is 1.60. The Morgan fingerprint density at radius 1 is 0.900 bits per heavy atom. The molecule has 0 aliphatic heterocycles. The largest absolute Gasteiger partial charge is 0.490 e. The monoisotopic (exact) mass is 268 g/mol. The van der Waals surface area contributed by atoms with Crippen LogP contribution in [0.4, 0.5) is 0 Å². The highest BCUT2D eigenvalue weighted by Crippen LogP contribution is 2.07. The molecule has 3 nitrogen and oxygen atoms in total. The lowest BCUT2D eigenvalue weighted by Gasteiger charge is -2.05. The van der Waals surface area contributed by atoms with E-state index in [0.717, 1.165) is 11.3 Å². The van der Waals surface area contributed by atoms with E-state index in [1.54, 1.807) is 6.08 Å². The minimum Gasteiger partial charge on any atom is -0.490 e. The number of rotatable bonds is 6. The van der Waals surface area contributed by atoms with Crippen molar-refractivity contribution in [1.29, 1.82) is 0 Å². The fourth-order valence-corrected chi connectivity index (χ4v) is 1.60. The molecule has 0 saturated heterocycles. The van der Waals surface area contributed by atoms with Gasteiger partial charge in [0.05, 0.1) is 0 Å². The van der Waals surface area contributed by atoms with Gasteiger partial charge in [-0.3, -0.25) is 0 Å². The zero-order valence-corrected chi connectivity index (χ0v) is 11.1. The van der Waals surface area contributed by atoms with Gasteiger partial charge in [0, 0.05) is 6.08 Å². The Morgan fingerprint density at radius 3 is 2.25 bits per heavy atom. The molecule has 0 saturated carbocycles. The number of ether oxygens (including phenoxy) is 2. The summed E-state index contributed by atoms with van der Waals surface area (Å²) in [6.07, 6.45) is 3.14. The van der Waals surface area contributed by atoms with Gasteiger partial charge in [0.25, 0.3) is 0 Å². The number of carbonyl (C=O) groups excluding carboxylic acids is 1. The predicted molar refractivity (Wildman–Crippen MR) is 78.4 cm³/mol. The maximum Gasteiger partial charge on any atom is 0.330 e. The van der Waals surface area contributed by atoms with Crippen molar-refractivity contribution in [1.82, 2.24) is 0 Å². The minimum absolute atomic E-state index is 0.229. The van der Waals surface area contributed by atoms with Crippen LogP contribution in [0.3, 0.4) is 0 Å². The topological polar surface area (TPSA) is 35.5 Å². The molecule has 0 N–H and O–H groups in total. The van der Waals surface area contributed by atoms with Gasteiger partial charge in [0.2, 0.25) is 0 Å². The molecule has 0 unspecified atom stereocenters. The van der Waals surface area contributed by atoms with Crippen molar-refractivity contribution in [2.24, 2.45) is 0 Å². The fraction of sp³-hybridized carbons (Fsp3) is 0.118. The third-order valence-corrected chi connectivity index (χ3v) is 2.55. The van der Waals surface area contributed by atoms with Crippen LogP contribution in [0.25, 0.3) is 6.08 Å². The van der Waals surface area contributed by atoms with Crippen LogP contribution in [0, 0.1) is 0 Å². The third kappa shape index (κ3) is 4.98. The molecular weight excluding hydrogens is 252 g/mol. The highest BCUT2D eigenvalue weighted by Gasteiger charge is 1.97. The number of esters is 1. The highest BCUT2D eigenvalue weighted by atomic mass is 16.6. The Kier molecular flexibility index (Phi) is 5.40. The Balaban J connectivity index is 1.67. The standard InChI is InChI=1S/C17H16O3/c18-17(12-11-15-7-3-1-4-8-15)20-14-13-19-16-9-5-2-6-10-16/h1-12H,13-14H2. The van der Waals surface area contributed by atoms with Crippen LogP contribution in [0.5, 0.6) is 5.75 Å². The molecule has 0 aromatic heterocycles. The van der Waals surface area contributed by atoms with Crippen LogP contribution in [0.1, 0.15) is 5.56 Å². The first-order valence-electron chi connectivity index (χ1n) is 6.42. The van der Waals surface area contributed by atoms with E-state index >= 15 is 0 Å². The summed E-state index contributed by atoms with van der Waals surface area (Å²) in [6.45, 7) is 0.571. The summed E-state index contributed by atoms with van der Waals surface area (Å²) in [4.78, 5) is 11.5. The van der Waals surface area contributed by atoms with Gasteiger partial charge < -0.3 is 9.47 Å². The summed E-state index contributed by atoms with van der Waals surface area (Å²) < 4.78 is 10.5. The lowest BCUT2D eigenvalue weighted by Crippen LogP contribution is -2.10. The van der Waals surface area contributed by atoms with Gasteiger partial charge in [-0.05, 0) is 23.8 Å². The molecule has 0 aliphatic rings. The van der Waals surface area contributed by atoms with Gasteiger partial charge in [0.1, 0.15) is 19.0 Å². The SMILES string of the molecule is O=C(C=Cc1ccccc1)OCCOc1ccccc1. The molecule has 0 radical (unpaired) electrons. The van der Waals surface area contributed by atoms with Crippen molar-refractivity contribution < 1.29 is 14.3 Å². The maximum absolute atomic E-state index is 11.5. The van der Waals surface area contributed by atoms with Gasteiger partial charge in [-0.1, -0.05) is 48.5 Å². The van der Waals surface area contributed by atoms with Crippen LogP contribution in [-0.4, -0.2) is 19.2 Å². The zero-order valence-electron chi connectivity index (χ0n) is 11.1. The molecule has 0 heterocycles. The second-order valence-corrected chi connectivity index (χ2v) is 4.07. The van der Waals surface area contributed by atoms with Crippen LogP contribution in [-0.2, 0) is 9.53 Å². The molecule has 0 fully saturated rings. The number of para-hydroxylation sites is 1. The Labute approximate surface area is 118 Å². The van der Waals surface area contributed by atoms with E-state index in [1.807, 2.05) is 60.7 Å². The summed E-state index contributed by atoms with van der Waals surface area (Å²) >= 11 is 0. The number of carbonyl (C=O) groups is 1. The lowest BCUT2D eigenvalue weighted by atomic mass is 10.2. The number of hydrogen-bond donors (Lipinski definition) is 0. The second-order valence-electron chi connectivity index (χ2n) is 4.07. The van der Waals surface area contributed by atoms with Gasteiger partial charge in [-0.25, -0.2) is 4.79 Å². The molecule has 0 bridgehead atoms. The summed E-state index contributed by atoms with van der Waals surface area (Å²) in [7, 11) is 0. The van der Waals surface area contributed by atoms with Gasteiger partial charge >= 0.3 is 5.97 Å². The number of hydrogen-bond acceptors (Lipinski definition) is 3. The van der Waals surface area contributed by atoms with Crippen molar-refractivity contribution in [2.75, 3.05) is 13.2 Å². The molecule has 3 heteroatoms. The lowest BCUT2D eigenvalue weighted by molar-refractivity contribution is -0.138.